The van der Waals surface area contributed by atoms with Crippen LogP contribution in [-0.4, -0.2) is 42.2 Å². The molecule has 9 nitrogen and oxygen atoms in total. The third-order valence-electron chi connectivity index (χ3n) is 6.62. The molecule has 0 unspecified atom stereocenters. The van der Waals surface area contributed by atoms with Crippen LogP contribution in [0.4, 0.5) is 5.69 Å². The standard InChI is InChI=1S/C30H32BrN5O4/c1-2-3-17-33-29(38)30(20-23-7-4-5-8-26(23)35-36-32)27(21-9-13-24(31)14-10-21)40-28(34-30)22-11-15-25(16-12-22)39-19-6-18-37/h4-5,7-16,27,37H,2-3,6,17-20H2,1H3,(H,33,38)/t27-,30-/m1/s1. The number of rotatable bonds is 13. The first-order valence-corrected chi connectivity index (χ1v) is 14.1. The Balaban J connectivity index is 1.80. The summed E-state index contributed by atoms with van der Waals surface area (Å²) in [5, 5.41) is 16.0. The van der Waals surface area contributed by atoms with Crippen LogP contribution in [0, 0.1) is 0 Å². The van der Waals surface area contributed by atoms with Crippen LogP contribution in [0.2, 0.25) is 0 Å². The van der Waals surface area contributed by atoms with Crippen molar-refractivity contribution in [2.45, 2.75) is 44.2 Å². The van der Waals surface area contributed by atoms with E-state index in [1.807, 2.05) is 60.7 Å². The highest BCUT2D eigenvalue weighted by molar-refractivity contribution is 9.10. The second-order valence-corrected chi connectivity index (χ2v) is 10.4. The highest BCUT2D eigenvalue weighted by Crippen LogP contribution is 2.44. The zero-order valence-electron chi connectivity index (χ0n) is 22.3. The number of carbonyl (C=O) groups is 1. The molecule has 10 heteroatoms. The van der Waals surface area contributed by atoms with E-state index < -0.39 is 11.6 Å². The van der Waals surface area contributed by atoms with Crippen LogP contribution in [-0.2, 0) is 16.0 Å². The van der Waals surface area contributed by atoms with Gasteiger partial charge in [-0.3, -0.25) is 4.79 Å². The number of azide groups is 1. The number of unbranched alkanes of at least 4 members (excludes halogenated alkanes) is 1. The van der Waals surface area contributed by atoms with Crippen LogP contribution < -0.4 is 10.1 Å². The zero-order valence-corrected chi connectivity index (χ0v) is 23.9. The second kappa shape index (κ2) is 14.0. The van der Waals surface area contributed by atoms with Crippen LogP contribution in [0.5, 0.6) is 5.75 Å². The summed E-state index contributed by atoms with van der Waals surface area (Å²) in [5.41, 5.74) is 10.4. The minimum atomic E-state index is -1.37. The van der Waals surface area contributed by atoms with Gasteiger partial charge < -0.3 is 19.9 Å². The number of hydrogen-bond donors (Lipinski definition) is 2. The Morgan fingerprint density at radius 3 is 2.60 bits per heavy atom. The largest absolute Gasteiger partial charge is 0.494 e. The summed E-state index contributed by atoms with van der Waals surface area (Å²) in [7, 11) is 0. The molecule has 0 saturated heterocycles. The molecule has 208 valence electrons. The lowest BCUT2D eigenvalue weighted by Crippen LogP contribution is -2.50. The molecule has 0 aliphatic carbocycles. The van der Waals surface area contributed by atoms with Crippen LogP contribution in [0.1, 0.15) is 49.0 Å². The van der Waals surface area contributed by atoms with E-state index in [1.54, 1.807) is 12.1 Å². The molecule has 1 aliphatic heterocycles. The molecule has 0 saturated carbocycles. The first kappa shape index (κ1) is 29.1. The monoisotopic (exact) mass is 605 g/mol. The minimum Gasteiger partial charge on any atom is -0.494 e. The Morgan fingerprint density at radius 2 is 1.90 bits per heavy atom. The number of aliphatic imine (C=N–C) groups is 1. The number of benzene rings is 3. The van der Waals surface area contributed by atoms with E-state index in [9.17, 15) is 4.79 Å². The molecule has 0 radical (unpaired) electrons. The maximum atomic E-state index is 14.1. The Kier molecular flexibility index (Phi) is 10.2. The average molecular weight is 607 g/mol. The Bertz CT molecular complexity index is 1370. The van der Waals surface area contributed by atoms with E-state index in [0.717, 1.165) is 22.9 Å². The quantitative estimate of drug-likeness (QED) is 0.0987. The van der Waals surface area contributed by atoms with Crippen molar-refractivity contribution in [2.75, 3.05) is 19.8 Å². The van der Waals surface area contributed by atoms with E-state index in [-0.39, 0.29) is 18.9 Å². The second-order valence-electron chi connectivity index (χ2n) is 9.45. The van der Waals surface area contributed by atoms with E-state index in [2.05, 4.69) is 38.2 Å². The van der Waals surface area contributed by atoms with Crippen LogP contribution in [0.3, 0.4) is 0 Å². The van der Waals surface area contributed by atoms with E-state index >= 15 is 0 Å². The summed E-state index contributed by atoms with van der Waals surface area (Å²) >= 11 is 3.49. The first-order chi connectivity index (χ1) is 19.5. The van der Waals surface area contributed by atoms with Gasteiger partial charge in [-0.15, -0.1) is 0 Å². The summed E-state index contributed by atoms with van der Waals surface area (Å²) in [6, 6.07) is 22.1. The fraction of sp³-hybridized carbons (Fsp3) is 0.333. The van der Waals surface area contributed by atoms with Crippen LogP contribution in [0.25, 0.3) is 10.4 Å². The molecular weight excluding hydrogens is 574 g/mol. The smallest absolute Gasteiger partial charge is 0.252 e. The first-order valence-electron chi connectivity index (χ1n) is 13.3. The third-order valence-corrected chi connectivity index (χ3v) is 7.15. The molecule has 0 bridgehead atoms. The van der Waals surface area contributed by atoms with Crippen molar-refractivity contribution in [1.82, 2.24) is 5.32 Å². The molecule has 2 N–H and O–H groups in total. The minimum absolute atomic E-state index is 0.0609. The molecule has 0 spiro atoms. The van der Waals surface area contributed by atoms with E-state index in [1.165, 1.54) is 0 Å². The number of carbonyl (C=O) groups excluding carboxylic acids is 1. The highest BCUT2D eigenvalue weighted by Gasteiger charge is 2.53. The topological polar surface area (TPSA) is 129 Å². The third kappa shape index (κ3) is 6.83. The molecule has 0 fully saturated rings. The van der Waals surface area contributed by atoms with E-state index in [0.29, 0.717) is 48.0 Å². The number of halogens is 1. The van der Waals surface area contributed by atoms with Gasteiger partial charge in [-0.25, -0.2) is 4.99 Å². The van der Waals surface area contributed by atoms with Gasteiger partial charge in [0.15, 0.2) is 11.6 Å². The van der Waals surface area contributed by atoms with Gasteiger partial charge in [0, 0.05) is 46.6 Å². The molecule has 1 amide bonds. The maximum absolute atomic E-state index is 14.1. The fourth-order valence-electron chi connectivity index (χ4n) is 4.55. The van der Waals surface area contributed by atoms with Crippen molar-refractivity contribution in [2.24, 2.45) is 10.1 Å². The van der Waals surface area contributed by atoms with Gasteiger partial charge in [0.1, 0.15) is 5.75 Å². The SMILES string of the molecule is CCCCNC(=O)[C@]1(Cc2ccccc2N=[N+]=[N-])N=C(c2ccc(OCCCO)cc2)O[C@@H]1c1ccc(Br)cc1. The molecule has 40 heavy (non-hydrogen) atoms. The molecule has 0 aromatic heterocycles. The molecule has 3 aromatic rings. The molecule has 3 aromatic carbocycles. The number of nitrogens with one attached hydrogen (secondary N) is 1. The van der Waals surface area contributed by atoms with Gasteiger partial charge in [0.2, 0.25) is 5.90 Å². The van der Waals surface area contributed by atoms with Gasteiger partial charge in [-0.1, -0.05) is 70.8 Å². The van der Waals surface area contributed by atoms with E-state index in [4.69, 9.17) is 25.1 Å². The summed E-state index contributed by atoms with van der Waals surface area (Å²) in [4.78, 5) is 22.1. The van der Waals surface area contributed by atoms with Crippen LogP contribution >= 0.6 is 15.9 Å². The van der Waals surface area contributed by atoms with Crippen molar-refractivity contribution in [3.63, 3.8) is 0 Å². The van der Waals surface area contributed by atoms with Gasteiger partial charge >= 0.3 is 0 Å². The summed E-state index contributed by atoms with van der Waals surface area (Å²) in [6.45, 7) is 3.04. The van der Waals surface area contributed by atoms with Gasteiger partial charge in [-0.05, 0) is 59.5 Å². The average Bonchev–Trinajstić information content (AvgIpc) is 3.35. The Labute approximate surface area is 242 Å². The van der Waals surface area contributed by atoms with Crippen molar-refractivity contribution in [3.8, 4) is 5.75 Å². The van der Waals surface area contributed by atoms with Crippen molar-refractivity contribution >= 4 is 33.4 Å². The lowest BCUT2D eigenvalue weighted by Gasteiger charge is -2.31. The molecular formula is C30H32BrN5O4. The van der Waals surface area contributed by atoms with Crippen molar-refractivity contribution < 1.29 is 19.4 Å². The van der Waals surface area contributed by atoms with Gasteiger partial charge in [0.05, 0.1) is 6.61 Å². The van der Waals surface area contributed by atoms with Crippen LogP contribution in [0.15, 0.2) is 87.4 Å². The number of aliphatic hydroxyl groups excluding tert-OH is 1. The lowest BCUT2D eigenvalue weighted by atomic mass is 9.81. The molecule has 2 atom stereocenters. The number of aliphatic hydroxyl groups is 1. The normalized spacial score (nSPS) is 17.9. The predicted molar refractivity (Wildman–Crippen MR) is 158 cm³/mol. The Hall–Kier alpha value is -3.85. The van der Waals surface area contributed by atoms with Gasteiger partial charge in [-0.2, -0.15) is 0 Å². The lowest BCUT2D eigenvalue weighted by molar-refractivity contribution is -0.128. The van der Waals surface area contributed by atoms with Crippen molar-refractivity contribution in [1.29, 1.82) is 0 Å². The number of ether oxygens (including phenoxy) is 2. The van der Waals surface area contributed by atoms with Gasteiger partial charge in [0.25, 0.3) is 5.91 Å². The maximum Gasteiger partial charge on any atom is 0.252 e. The molecule has 1 heterocycles. The summed E-state index contributed by atoms with van der Waals surface area (Å²) in [5.74, 6) is 0.734. The van der Waals surface area contributed by atoms with Crippen molar-refractivity contribution in [3.05, 3.63) is 104 Å². The summed E-state index contributed by atoms with van der Waals surface area (Å²) < 4.78 is 13.1. The fourth-order valence-corrected chi connectivity index (χ4v) is 4.81. The number of amides is 1. The molecule has 1 aliphatic rings. The molecule has 4 rings (SSSR count). The number of hydrogen-bond acceptors (Lipinski definition) is 6. The number of nitrogens with zero attached hydrogens (tertiary/aromatic N) is 4. The highest BCUT2D eigenvalue weighted by atomic mass is 79.9. The zero-order chi connectivity index (χ0) is 28.4. The predicted octanol–water partition coefficient (Wildman–Crippen LogP) is 6.57. The summed E-state index contributed by atoms with van der Waals surface area (Å²) in [6.07, 6.45) is 1.72. The Morgan fingerprint density at radius 1 is 1.15 bits per heavy atom.